The van der Waals surface area contributed by atoms with Crippen LogP contribution in [0.1, 0.15) is 18.2 Å². The second-order valence-electron chi connectivity index (χ2n) is 5.26. The molecule has 0 fully saturated rings. The number of methoxy groups -OCH3 is 1. The maximum Gasteiger partial charge on any atom is 0.120 e. The first-order chi connectivity index (χ1) is 11.1. The van der Waals surface area contributed by atoms with Gasteiger partial charge in [0, 0.05) is 29.2 Å². The zero-order chi connectivity index (χ0) is 16.4. The highest BCUT2D eigenvalue weighted by molar-refractivity contribution is 5.96. The van der Waals surface area contributed by atoms with E-state index < -0.39 is 0 Å². The number of nitrogen functional groups attached to an aromatic ring is 2. The van der Waals surface area contributed by atoms with Gasteiger partial charge in [-0.05, 0) is 49.2 Å². The summed E-state index contributed by atoms with van der Waals surface area (Å²) in [5.41, 5.74) is 16.2. The topological polar surface area (TPSA) is 66.2 Å². The second kappa shape index (κ2) is 5.98. The molecule has 0 aliphatic heterocycles. The van der Waals surface area contributed by atoms with Crippen molar-refractivity contribution in [2.75, 3.05) is 18.6 Å². The molecule has 0 saturated carbocycles. The summed E-state index contributed by atoms with van der Waals surface area (Å²) < 4.78 is 7.42. The van der Waals surface area contributed by atoms with E-state index in [1.54, 1.807) is 7.11 Å². The number of benzene rings is 2. The Morgan fingerprint density at radius 1 is 1.04 bits per heavy atom. The number of hydrogen-bond donors (Lipinski definition) is 2. The van der Waals surface area contributed by atoms with Crippen LogP contribution in [0, 0.1) is 11.8 Å². The van der Waals surface area contributed by atoms with Crippen LogP contribution in [0.5, 0.6) is 5.75 Å². The summed E-state index contributed by atoms with van der Waals surface area (Å²) in [5.74, 6) is 7.17. The van der Waals surface area contributed by atoms with E-state index in [9.17, 15) is 0 Å². The molecular formula is C19H19N3O. The minimum Gasteiger partial charge on any atom is -0.497 e. The Hall–Kier alpha value is -3.06. The molecule has 0 bridgehead atoms. The Morgan fingerprint density at radius 3 is 2.43 bits per heavy atom. The van der Waals surface area contributed by atoms with Gasteiger partial charge in [-0.15, -0.1) is 0 Å². The Morgan fingerprint density at radius 2 is 1.78 bits per heavy atom. The van der Waals surface area contributed by atoms with E-state index in [1.165, 1.54) is 0 Å². The van der Waals surface area contributed by atoms with Gasteiger partial charge in [-0.2, -0.15) is 0 Å². The van der Waals surface area contributed by atoms with Crippen LogP contribution >= 0.6 is 0 Å². The third kappa shape index (κ3) is 2.69. The van der Waals surface area contributed by atoms with Crippen molar-refractivity contribution < 1.29 is 4.74 Å². The number of nitrogens with two attached hydrogens (primary N) is 2. The summed E-state index contributed by atoms with van der Waals surface area (Å²) in [4.78, 5) is 0. The lowest BCUT2D eigenvalue weighted by Gasteiger charge is -2.04. The number of rotatable bonds is 2. The summed E-state index contributed by atoms with van der Waals surface area (Å²) in [5, 5.41) is 0.995. The third-order valence-electron chi connectivity index (χ3n) is 3.86. The van der Waals surface area contributed by atoms with Crippen molar-refractivity contribution in [3.05, 3.63) is 53.7 Å². The van der Waals surface area contributed by atoms with E-state index in [4.69, 9.17) is 16.2 Å². The lowest BCUT2D eigenvalue weighted by atomic mass is 10.2. The monoisotopic (exact) mass is 305 g/mol. The van der Waals surface area contributed by atoms with E-state index >= 15 is 0 Å². The molecule has 1 heterocycles. The molecule has 23 heavy (non-hydrogen) atoms. The summed E-state index contributed by atoms with van der Waals surface area (Å²) in [6.07, 6.45) is 0. The van der Waals surface area contributed by atoms with Crippen LogP contribution in [-0.4, -0.2) is 11.7 Å². The predicted molar refractivity (Wildman–Crippen MR) is 95.4 cm³/mol. The largest absolute Gasteiger partial charge is 0.497 e. The Balaban J connectivity index is 2.14. The number of aryl methyl sites for hydroxylation is 1. The number of ether oxygens (including phenoxy) is 1. The first-order valence-electron chi connectivity index (χ1n) is 7.47. The number of nitrogens with zero attached hydrogens (tertiary/aromatic N) is 1. The van der Waals surface area contributed by atoms with Crippen molar-refractivity contribution in [2.45, 2.75) is 13.5 Å². The molecule has 116 valence electrons. The smallest absolute Gasteiger partial charge is 0.120 e. The predicted octanol–water partition coefficient (Wildman–Crippen LogP) is 3.23. The van der Waals surface area contributed by atoms with E-state index in [0.29, 0.717) is 5.69 Å². The number of anilines is 2. The summed E-state index contributed by atoms with van der Waals surface area (Å²) >= 11 is 0. The van der Waals surface area contributed by atoms with E-state index in [1.807, 2.05) is 42.5 Å². The molecule has 0 unspecified atom stereocenters. The van der Waals surface area contributed by atoms with Crippen molar-refractivity contribution in [3.63, 3.8) is 0 Å². The van der Waals surface area contributed by atoms with Crippen LogP contribution in [0.25, 0.3) is 10.9 Å². The average Bonchev–Trinajstić information content (AvgIpc) is 2.85. The van der Waals surface area contributed by atoms with Crippen LogP contribution < -0.4 is 16.2 Å². The molecule has 4 nitrogen and oxygen atoms in total. The lowest BCUT2D eigenvalue weighted by molar-refractivity contribution is 0.415. The fraction of sp³-hybridized carbons (Fsp3) is 0.158. The molecule has 4 N–H and O–H groups in total. The van der Waals surface area contributed by atoms with E-state index in [2.05, 4.69) is 23.3 Å². The van der Waals surface area contributed by atoms with Gasteiger partial charge in [-0.3, -0.25) is 0 Å². The molecule has 4 heteroatoms. The second-order valence-corrected chi connectivity index (χ2v) is 5.26. The first kappa shape index (κ1) is 14.9. The summed E-state index contributed by atoms with van der Waals surface area (Å²) in [6, 6.07) is 13.4. The molecule has 0 aliphatic rings. The summed E-state index contributed by atoms with van der Waals surface area (Å²) in [7, 11) is 1.66. The van der Waals surface area contributed by atoms with Gasteiger partial charge in [0.2, 0.25) is 0 Å². The maximum atomic E-state index is 6.31. The first-order valence-corrected chi connectivity index (χ1v) is 7.47. The minimum atomic E-state index is 0.701. The molecule has 0 atom stereocenters. The number of fused-ring (bicyclic) bond motifs is 1. The van der Waals surface area contributed by atoms with Crippen LogP contribution in [0.4, 0.5) is 11.4 Å². The Bertz CT molecular complexity index is 912. The minimum absolute atomic E-state index is 0.701. The van der Waals surface area contributed by atoms with E-state index in [0.717, 1.165) is 40.1 Å². The lowest BCUT2D eigenvalue weighted by Crippen LogP contribution is -1.99. The average molecular weight is 305 g/mol. The Labute approximate surface area is 135 Å². The van der Waals surface area contributed by atoms with Gasteiger partial charge < -0.3 is 20.8 Å². The molecule has 0 amide bonds. The zero-order valence-corrected chi connectivity index (χ0v) is 13.3. The molecule has 0 spiro atoms. The van der Waals surface area contributed by atoms with Crippen molar-refractivity contribution in [2.24, 2.45) is 0 Å². The van der Waals surface area contributed by atoms with Gasteiger partial charge in [0.05, 0.1) is 18.3 Å². The van der Waals surface area contributed by atoms with Crippen LogP contribution in [0.2, 0.25) is 0 Å². The normalized spacial score (nSPS) is 10.3. The molecule has 0 saturated heterocycles. The summed E-state index contributed by atoms with van der Waals surface area (Å²) in [6.45, 7) is 2.86. The van der Waals surface area contributed by atoms with E-state index in [-0.39, 0.29) is 0 Å². The van der Waals surface area contributed by atoms with Crippen molar-refractivity contribution in [3.8, 4) is 17.6 Å². The highest BCUT2D eigenvalue weighted by Crippen LogP contribution is 2.31. The molecule has 3 aromatic rings. The molecule has 1 aromatic heterocycles. The molecule has 0 aliphatic carbocycles. The highest BCUT2D eigenvalue weighted by Gasteiger charge is 2.13. The molecule has 3 rings (SSSR count). The van der Waals surface area contributed by atoms with Gasteiger partial charge in [0.15, 0.2) is 0 Å². The fourth-order valence-electron chi connectivity index (χ4n) is 2.64. The highest BCUT2D eigenvalue weighted by atomic mass is 16.5. The van der Waals surface area contributed by atoms with Crippen molar-refractivity contribution in [1.29, 1.82) is 0 Å². The SMILES string of the molecule is CCn1c(C#Cc2ccc(N)cc2)c(N)c2ccc(OC)cc21. The Kier molecular flexibility index (Phi) is 3.86. The number of aromatic nitrogens is 1. The third-order valence-corrected chi connectivity index (χ3v) is 3.86. The zero-order valence-electron chi connectivity index (χ0n) is 13.3. The van der Waals surface area contributed by atoms with Gasteiger partial charge in [-0.25, -0.2) is 0 Å². The van der Waals surface area contributed by atoms with Gasteiger partial charge in [0.25, 0.3) is 0 Å². The fourth-order valence-corrected chi connectivity index (χ4v) is 2.64. The van der Waals surface area contributed by atoms with Gasteiger partial charge in [-0.1, -0.05) is 5.92 Å². The maximum absolute atomic E-state index is 6.31. The van der Waals surface area contributed by atoms with Gasteiger partial charge >= 0.3 is 0 Å². The molecule has 0 radical (unpaired) electrons. The molecular weight excluding hydrogens is 286 g/mol. The molecule has 2 aromatic carbocycles. The van der Waals surface area contributed by atoms with Crippen molar-refractivity contribution >= 4 is 22.3 Å². The van der Waals surface area contributed by atoms with Crippen LogP contribution in [0.3, 0.4) is 0 Å². The quantitative estimate of drug-likeness (QED) is 0.564. The number of hydrogen-bond acceptors (Lipinski definition) is 3. The van der Waals surface area contributed by atoms with Gasteiger partial charge in [0.1, 0.15) is 11.4 Å². The van der Waals surface area contributed by atoms with Crippen LogP contribution in [0.15, 0.2) is 42.5 Å². The standard InChI is InChI=1S/C19H19N3O/c1-3-22-17(11-6-13-4-7-14(20)8-5-13)19(21)16-10-9-15(23-2)12-18(16)22/h4-5,7-10,12H,3,20-21H2,1-2H3. The van der Waals surface area contributed by atoms with Crippen molar-refractivity contribution in [1.82, 2.24) is 4.57 Å². The van der Waals surface area contributed by atoms with Crippen LogP contribution in [-0.2, 0) is 6.54 Å².